The summed E-state index contributed by atoms with van der Waals surface area (Å²) in [5.74, 6) is -0.301. The van der Waals surface area contributed by atoms with E-state index in [4.69, 9.17) is 16.3 Å². The van der Waals surface area contributed by atoms with Crippen molar-refractivity contribution in [2.75, 3.05) is 13.7 Å². The quantitative estimate of drug-likeness (QED) is 0.847. The van der Waals surface area contributed by atoms with Gasteiger partial charge in [-0.25, -0.2) is 4.39 Å². The van der Waals surface area contributed by atoms with Gasteiger partial charge >= 0.3 is 0 Å². The zero-order valence-electron chi connectivity index (χ0n) is 11.4. The van der Waals surface area contributed by atoms with Crippen LogP contribution in [-0.2, 0) is 4.74 Å². The molecular formula is C14H21ClFNO. The number of rotatable bonds is 6. The average molecular weight is 274 g/mol. The number of benzene rings is 1. The molecule has 2 atom stereocenters. The number of halogens is 2. The van der Waals surface area contributed by atoms with Crippen LogP contribution in [0.4, 0.5) is 4.39 Å². The second-order valence-corrected chi connectivity index (χ2v) is 4.96. The van der Waals surface area contributed by atoms with Crippen LogP contribution in [0.1, 0.15) is 38.8 Å². The smallest absolute Gasteiger partial charge is 0.129 e. The first-order chi connectivity index (χ1) is 8.48. The summed E-state index contributed by atoms with van der Waals surface area (Å²) in [7, 11) is 1.65. The Labute approximate surface area is 113 Å². The lowest BCUT2D eigenvalue weighted by molar-refractivity contribution is -0.0304. The van der Waals surface area contributed by atoms with Crippen LogP contribution in [0.2, 0.25) is 5.02 Å². The van der Waals surface area contributed by atoms with E-state index in [9.17, 15) is 4.39 Å². The largest absolute Gasteiger partial charge is 0.377 e. The van der Waals surface area contributed by atoms with Crippen molar-refractivity contribution in [3.63, 3.8) is 0 Å². The number of hydrogen-bond acceptors (Lipinski definition) is 2. The highest BCUT2D eigenvalue weighted by Gasteiger charge is 2.34. The lowest BCUT2D eigenvalue weighted by Crippen LogP contribution is -2.43. The first-order valence-electron chi connectivity index (χ1n) is 6.22. The molecule has 0 bridgehead atoms. The molecule has 1 aromatic rings. The van der Waals surface area contributed by atoms with Gasteiger partial charge < -0.3 is 10.1 Å². The van der Waals surface area contributed by atoms with Crippen LogP contribution in [0.25, 0.3) is 0 Å². The molecule has 0 amide bonds. The van der Waals surface area contributed by atoms with Gasteiger partial charge in [0, 0.05) is 17.7 Å². The molecule has 0 spiro atoms. The van der Waals surface area contributed by atoms with E-state index in [-0.39, 0.29) is 11.9 Å². The van der Waals surface area contributed by atoms with E-state index in [1.165, 1.54) is 6.07 Å². The third-order valence-electron chi connectivity index (χ3n) is 3.46. The fraction of sp³-hybridized carbons (Fsp3) is 0.571. The highest BCUT2D eigenvalue weighted by Crippen LogP contribution is 2.33. The first-order valence-corrected chi connectivity index (χ1v) is 6.59. The second kappa shape index (κ2) is 6.50. The Bertz CT molecular complexity index is 393. The predicted molar refractivity (Wildman–Crippen MR) is 73.5 cm³/mol. The molecule has 0 aliphatic carbocycles. The number of ether oxygens (including phenoxy) is 1. The number of methoxy groups -OCH3 is 1. The summed E-state index contributed by atoms with van der Waals surface area (Å²) in [5.41, 5.74) is 0.137. The van der Waals surface area contributed by atoms with Crippen LogP contribution >= 0.6 is 11.6 Å². The molecule has 0 saturated carbocycles. The van der Waals surface area contributed by atoms with E-state index < -0.39 is 5.60 Å². The molecule has 0 aliphatic rings. The van der Waals surface area contributed by atoms with Gasteiger partial charge in [-0.2, -0.15) is 0 Å². The molecule has 18 heavy (non-hydrogen) atoms. The third-order valence-corrected chi connectivity index (χ3v) is 3.70. The Balaban J connectivity index is 3.19. The molecule has 1 N–H and O–H groups in total. The Kier molecular flexibility index (Phi) is 5.57. The van der Waals surface area contributed by atoms with E-state index in [2.05, 4.69) is 5.32 Å². The molecule has 0 fully saturated rings. The molecule has 0 aliphatic heterocycles. The molecule has 2 nitrogen and oxygen atoms in total. The average Bonchev–Trinajstić information content (AvgIpc) is 2.36. The standard InChI is InChI=1S/C14H21ClFNO/c1-5-14(3,18-4)13(17-6-2)11-8-7-10(15)9-12(11)16/h7-9,13,17H,5-6H2,1-4H3. The van der Waals surface area contributed by atoms with Crippen LogP contribution < -0.4 is 5.32 Å². The maximum absolute atomic E-state index is 14.0. The molecule has 4 heteroatoms. The summed E-state index contributed by atoms with van der Waals surface area (Å²) in [4.78, 5) is 0. The van der Waals surface area contributed by atoms with Gasteiger partial charge in [-0.3, -0.25) is 0 Å². The Hall–Kier alpha value is -0.640. The maximum atomic E-state index is 14.0. The van der Waals surface area contributed by atoms with Crippen LogP contribution in [0, 0.1) is 5.82 Å². The van der Waals surface area contributed by atoms with E-state index in [1.807, 2.05) is 20.8 Å². The zero-order valence-corrected chi connectivity index (χ0v) is 12.1. The van der Waals surface area contributed by atoms with Crippen molar-refractivity contribution in [2.45, 2.75) is 38.8 Å². The van der Waals surface area contributed by atoms with Crippen molar-refractivity contribution in [1.82, 2.24) is 5.32 Å². The summed E-state index contributed by atoms with van der Waals surface area (Å²) < 4.78 is 19.6. The molecule has 0 saturated heterocycles. The van der Waals surface area contributed by atoms with Crippen molar-refractivity contribution in [1.29, 1.82) is 0 Å². The highest BCUT2D eigenvalue weighted by atomic mass is 35.5. The summed E-state index contributed by atoms with van der Waals surface area (Å²) in [6.45, 7) is 6.74. The molecule has 1 rings (SSSR count). The number of hydrogen-bond donors (Lipinski definition) is 1. The van der Waals surface area contributed by atoms with Crippen LogP contribution in [0.5, 0.6) is 0 Å². The van der Waals surface area contributed by atoms with Gasteiger partial charge in [-0.1, -0.05) is 31.5 Å². The minimum absolute atomic E-state index is 0.199. The lowest BCUT2D eigenvalue weighted by atomic mass is 9.87. The highest BCUT2D eigenvalue weighted by molar-refractivity contribution is 6.30. The Morgan fingerprint density at radius 2 is 2.11 bits per heavy atom. The Morgan fingerprint density at radius 1 is 1.44 bits per heavy atom. The van der Waals surface area contributed by atoms with Crippen molar-refractivity contribution < 1.29 is 9.13 Å². The minimum atomic E-state index is -0.454. The van der Waals surface area contributed by atoms with Crippen molar-refractivity contribution >= 4 is 11.6 Å². The van der Waals surface area contributed by atoms with E-state index >= 15 is 0 Å². The maximum Gasteiger partial charge on any atom is 0.129 e. The van der Waals surface area contributed by atoms with Gasteiger partial charge in [0.25, 0.3) is 0 Å². The molecule has 0 radical (unpaired) electrons. The molecule has 1 aromatic carbocycles. The second-order valence-electron chi connectivity index (χ2n) is 4.53. The van der Waals surface area contributed by atoms with Crippen molar-refractivity contribution in [3.8, 4) is 0 Å². The normalized spacial score (nSPS) is 16.3. The minimum Gasteiger partial charge on any atom is -0.377 e. The zero-order chi connectivity index (χ0) is 13.8. The van der Waals surface area contributed by atoms with Crippen LogP contribution in [0.15, 0.2) is 18.2 Å². The number of nitrogens with one attached hydrogen (secondary N) is 1. The van der Waals surface area contributed by atoms with E-state index in [1.54, 1.807) is 19.2 Å². The third kappa shape index (κ3) is 3.22. The molecule has 0 heterocycles. The summed E-state index contributed by atoms with van der Waals surface area (Å²) >= 11 is 5.79. The molecule has 0 aromatic heterocycles. The van der Waals surface area contributed by atoms with E-state index in [0.29, 0.717) is 10.6 Å². The fourth-order valence-electron chi connectivity index (χ4n) is 2.06. The monoisotopic (exact) mass is 273 g/mol. The molecular weight excluding hydrogens is 253 g/mol. The van der Waals surface area contributed by atoms with Gasteiger partial charge in [0.1, 0.15) is 5.82 Å². The first kappa shape index (κ1) is 15.4. The summed E-state index contributed by atoms with van der Waals surface area (Å²) in [6.07, 6.45) is 0.781. The lowest BCUT2D eigenvalue weighted by Gasteiger charge is -2.36. The van der Waals surface area contributed by atoms with Crippen molar-refractivity contribution in [2.24, 2.45) is 0 Å². The van der Waals surface area contributed by atoms with Gasteiger partial charge in [-0.05, 0) is 32.0 Å². The molecule has 2 unspecified atom stereocenters. The summed E-state index contributed by atoms with van der Waals surface area (Å²) in [5, 5.41) is 3.70. The predicted octanol–water partition coefficient (Wildman–Crippen LogP) is 3.94. The fourth-order valence-corrected chi connectivity index (χ4v) is 2.22. The van der Waals surface area contributed by atoms with Crippen LogP contribution in [0.3, 0.4) is 0 Å². The van der Waals surface area contributed by atoms with Gasteiger partial charge in [0.05, 0.1) is 11.6 Å². The van der Waals surface area contributed by atoms with Gasteiger partial charge in [0.2, 0.25) is 0 Å². The van der Waals surface area contributed by atoms with Gasteiger partial charge in [0.15, 0.2) is 0 Å². The van der Waals surface area contributed by atoms with Gasteiger partial charge in [-0.15, -0.1) is 0 Å². The van der Waals surface area contributed by atoms with E-state index in [0.717, 1.165) is 13.0 Å². The topological polar surface area (TPSA) is 21.3 Å². The number of likely N-dealkylation sites (N-methyl/N-ethyl adjacent to an activating group) is 1. The van der Waals surface area contributed by atoms with Crippen LogP contribution in [-0.4, -0.2) is 19.3 Å². The Morgan fingerprint density at radius 3 is 2.56 bits per heavy atom. The van der Waals surface area contributed by atoms with Crippen molar-refractivity contribution in [3.05, 3.63) is 34.6 Å². The SMILES string of the molecule is CCNC(c1ccc(Cl)cc1F)C(C)(CC)OC. The molecule has 102 valence electrons. The summed E-state index contributed by atoms with van der Waals surface area (Å²) in [6, 6.07) is 4.57.